The minimum atomic E-state index is 0.396. The molecule has 0 bridgehead atoms. The van der Waals surface area contributed by atoms with Crippen LogP contribution in [0.4, 0.5) is 0 Å². The standard InChI is InChI=1S/C19H19N3O/c1-5-7-11-23-13-18-14(3)9-10-17(21-18)19-20-12-15(4)16(22-19)8-6-2/h6,8-10,12H,2,4,11,13H2,1,3H3/b16-8+. The maximum absolute atomic E-state index is 5.51. The van der Waals surface area contributed by atoms with Gasteiger partial charge in [0.2, 0.25) is 0 Å². The van der Waals surface area contributed by atoms with Crippen LogP contribution < -0.4 is 10.6 Å². The van der Waals surface area contributed by atoms with E-state index in [2.05, 4.69) is 40.0 Å². The summed E-state index contributed by atoms with van der Waals surface area (Å²) in [7, 11) is 0. The third-order valence-electron chi connectivity index (χ3n) is 3.19. The monoisotopic (exact) mass is 305 g/mol. The number of aryl methyl sites for hydroxylation is 1. The number of hydrogen-bond acceptors (Lipinski definition) is 4. The van der Waals surface area contributed by atoms with Gasteiger partial charge in [0.15, 0.2) is 5.82 Å². The van der Waals surface area contributed by atoms with Crippen LogP contribution in [0.3, 0.4) is 0 Å². The highest BCUT2D eigenvalue weighted by molar-refractivity contribution is 5.50. The molecule has 116 valence electrons. The fourth-order valence-corrected chi connectivity index (χ4v) is 1.91. The Morgan fingerprint density at radius 1 is 1.30 bits per heavy atom. The lowest BCUT2D eigenvalue weighted by molar-refractivity contribution is 0.150. The smallest absolute Gasteiger partial charge is 0.178 e. The second kappa shape index (κ2) is 8.02. The van der Waals surface area contributed by atoms with Crippen LogP contribution in [0.2, 0.25) is 0 Å². The molecule has 0 aromatic carbocycles. The molecule has 0 fully saturated rings. The second-order valence-corrected chi connectivity index (χ2v) is 4.89. The van der Waals surface area contributed by atoms with Crippen LogP contribution in [0.1, 0.15) is 18.2 Å². The molecule has 4 heteroatoms. The zero-order valence-corrected chi connectivity index (χ0v) is 13.5. The lowest BCUT2D eigenvalue weighted by atomic mass is 10.2. The van der Waals surface area contributed by atoms with Crippen molar-refractivity contribution in [1.29, 1.82) is 0 Å². The molecular formula is C19H19N3O. The van der Waals surface area contributed by atoms with Crippen molar-refractivity contribution in [1.82, 2.24) is 15.0 Å². The number of pyridine rings is 1. The number of nitrogens with zero attached hydrogens (tertiary/aromatic N) is 3. The topological polar surface area (TPSA) is 47.9 Å². The molecule has 2 heterocycles. The van der Waals surface area contributed by atoms with E-state index in [9.17, 15) is 0 Å². The molecule has 0 aliphatic heterocycles. The van der Waals surface area contributed by atoms with Crippen LogP contribution >= 0.6 is 0 Å². The first-order valence-corrected chi connectivity index (χ1v) is 7.24. The second-order valence-electron chi connectivity index (χ2n) is 4.89. The normalized spacial score (nSPS) is 11.0. The Bertz CT molecular complexity index is 876. The first-order chi connectivity index (χ1) is 11.2. The quantitative estimate of drug-likeness (QED) is 0.624. The van der Waals surface area contributed by atoms with Crippen LogP contribution in [0.5, 0.6) is 0 Å². The highest BCUT2D eigenvalue weighted by Gasteiger charge is 2.07. The molecule has 0 saturated carbocycles. The van der Waals surface area contributed by atoms with Gasteiger partial charge in [0, 0.05) is 11.4 Å². The van der Waals surface area contributed by atoms with Crippen LogP contribution in [-0.2, 0) is 11.3 Å². The summed E-state index contributed by atoms with van der Waals surface area (Å²) in [5, 5.41) is 1.49. The van der Waals surface area contributed by atoms with Gasteiger partial charge in [0.1, 0.15) is 12.3 Å². The summed E-state index contributed by atoms with van der Waals surface area (Å²) < 4.78 is 5.51. The van der Waals surface area contributed by atoms with Gasteiger partial charge >= 0.3 is 0 Å². The van der Waals surface area contributed by atoms with Crippen molar-refractivity contribution in [3.63, 3.8) is 0 Å². The maximum atomic E-state index is 5.51. The average Bonchev–Trinajstić information content (AvgIpc) is 2.55. The number of hydrogen-bond donors (Lipinski definition) is 0. The highest BCUT2D eigenvalue weighted by atomic mass is 16.5. The molecule has 0 N–H and O–H groups in total. The maximum Gasteiger partial charge on any atom is 0.178 e. The summed E-state index contributed by atoms with van der Waals surface area (Å²) >= 11 is 0. The van der Waals surface area contributed by atoms with Gasteiger partial charge < -0.3 is 4.74 Å². The van der Waals surface area contributed by atoms with E-state index in [4.69, 9.17) is 4.74 Å². The molecule has 23 heavy (non-hydrogen) atoms. The van der Waals surface area contributed by atoms with Gasteiger partial charge in [0.05, 0.1) is 17.6 Å². The van der Waals surface area contributed by atoms with Gasteiger partial charge in [-0.1, -0.05) is 31.2 Å². The molecule has 2 rings (SSSR count). The predicted octanol–water partition coefficient (Wildman–Crippen LogP) is 1.76. The van der Waals surface area contributed by atoms with Crippen LogP contribution in [0.15, 0.2) is 31.0 Å². The van der Waals surface area contributed by atoms with Crippen molar-refractivity contribution in [2.24, 2.45) is 0 Å². The van der Waals surface area contributed by atoms with Crippen molar-refractivity contribution in [3.05, 3.63) is 52.8 Å². The summed E-state index contributed by atoms with van der Waals surface area (Å²) in [4.78, 5) is 13.4. The Morgan fingerprint density at radius 3 is 2.87 bits per heavy atom. The first-order valence-electron chi connectivity index (χ1n) is 7.24. The van der Waals surface area contributed by atoms with Gasteiger partial charge in [-0.25, -0.2) is 15.0 Å². The number of rotatable bonds is 5. The SMILES string of the molecule is C=C/C=c1/nc(-c2ccc(C)c(COCC#CC)n2)ncc1=C. The average molecular weight is 305 g/mol. The lowest BCUT2D eigenvalue weighted by Crippen LogP contribution is -2.28. The molecule has 2 aromatic rings. The molecule has 2 aromatic heterocycles. The minimum absolute atomic E-state index is 0.396. The van der Waals surface area contributed by atoms with E-state index in [1.54, 1.807) is 25.3 Å². The van der Waals surface area contributed by atoms with Gasteiger partial charge in [0.25, 0.3) is 0 Å². The Hall–Kier alpha value is -2.77. The fraction of sp³-hybridized carbons (Fsp3) is 0.211. The van der Waals surface area contributed by atoms with E-state index < -0.39 is 0 Å². The highest BCUT2D eigenvalue weighted by Crippen LogP contribution is 2.14. The Balaban J connectivity index is 2.35. The molecule has 0 aliphatic carbocycles. The zero-order valence-electron chi connectivity index (χ0n) is 13.5. The summed E-state index contributed by atoms with van der Waals surface area (Å²) in [6.07, 6.45) is 5.17. The zero-order chi connectivity index (χ0) is 16.7. The fourth-order valence-electron chi connectivity index (χ4n) is 1.91. The van der Waals surface area contributed by atoms with E-state index in [0.29, 0.717) is 24.7 Å². The van der Waals surface area contributed by atoms with E-state index in [1.807, 2.05) is 19.1 Å². The third-order valence-corrected chi connectivity index (χ3v) is 3.19. The molecule has 0 amide bonds. The minimum Gasteiger partial charge on any atom is -0.362 e. The molecule has 0 unspecified atom stereocenters. The van der Waals surface area contributed by atoms with E-state index >= 15 is 0 Å². The van der Waals surface area contributed by atoms with Gasteiger partial charge in [-0.15, -0.1) is 5.92 Å². The summed E-state index contributed by atoms with van der Waals surface area (Å²) in [6.45, 7) is 12.2. The summed E-state index contributed by atoms with van der Waals surface area (Å²) in [5.41, 5.74) is 2.62. The third kappa shape index (κ3) is 4.35. The van der Waals surface area contributed by atoms with Crippen molar-refractivity contribution in [3.8, 4) is 23.4 Å². The largest absolute Gasteiger partial charge is 0.362 e. The predicted molar refractivity (Wildman–Crippen MR) is 92.5 cm³/mol. The summed E-state index contributed by atoms with van der Waals surface area (Å²) in [6, 6.07) is 3.89. The lowest BCUT2D eigenvalue weighted by Gasteiger charge is -2.07. The molecule has 0 spiro atoms. The van der Waals surface area contributed by atoms with Gasteiger partial charge in [-0.05, 0) is 31.6 Å². The number of ether oxygens (including phenoxy) is 1. The molecule has 0 atom stereocenters. The Kier molecular flexibility index (Phi) is 5.79. The van der Waals surface area contributed by atoms with Gasteiger partial charge in [-0.2, -0.15) is 0 Å². The number of aromatic nitrogens is 3. The molecule has 0 radical (unpaired) electrons. The van der Waals surface area contributed by atoms with Crippen molar-refractivity contribution < 1.29 is 4.74 Å². The Labute approximate surface area is 136 Å². The van der Waals surface area contributed by atoms with Crippen LogP contribution in [0, 0.1) is 18.8 Å². The van der Waals surface area contributed by atoms with E-state index in [0.717, 1.165) is 21.8 Å². The molecule has 4 nitrogen and oxygen atoms in total. The van der Waals surface area contributed by atoms with Gasteiger partial charge in [-0.3, -0.25) is 0 Å². The summed E-state index contributed by atoms with van der Waals surface area (Å²) in [5.74, 6) is 6.22. The van der Waals surface area contributed by atoms with Crippen LogP contribution in [0.25, 0.3) is 24.2 Å². The van der Waals surface area contributed by atoms with E-state index in [1.165, 1.54) is 0 Å². The molecule has 0 aliphatic rings. The van der Waals surface area contributed by atoms with Crippen molar-refractivity contribution in [2.75, 3.05) is 6.61 Å². The number of allylic oxidation sites excluding steroid dienone is 1. The Morgan fingerprint density at radius 2 is 2.13 bits per heavy atom. The van der Waals surface area contributed by atoms with Crippen molar-refractivity contribution >= 4 is 12.7 Å². The molecule has 0 saturated heterocycles. The van der Waals surface area contributed by atoms with Crippen LogP contribution in [-0.4, -0.2) is 21.6 Å². The van der Waals surface area contributed by atoms with E-state index in [-0.39, 0.29) is 0 Å². The first kappa shape index (κ1) is 16.6. The molecular weight excluding hydrogens is 286 g/mol. The van der Waals surface area contributed by atoms with Crippen molar-refractivity contribution in [2.45, 2.75) is 20.5 Å².